The van der Waals surface area contributed by atoms with Crippen LogP contribution in [0.1, 0.15) is 11.3 Å². The number of nitriles is 1. The van der Waals surface area contributed by atoms with Gasteiger partial charge in [-0.15, -0.1) is 0 Å². The standard InChI is InChI=1S/C13H9Br2N3/c1-8-4-9(7-16)5-13(17-8)18-12-3-2-10(14)6-11(12)15/h2-6H,1H3,(H,17,18). The molecule has 0 fully saturated rings. The molecule has 1 N–H and O–H groups in total. The van der Waals surface area contributed by atoms with E-state index in [1.54, 1.807) is 12.1 Å². The molecular weight excluding hydrogens is 358 g/mol. The van der Waals surface area contributed by atoms with E-state index in [9.17, 15) is 0 Å². The van der Waals surface area contributed by atoms with E-state index in [2.05, 4.69) is 48.2 Å². The van der Waals surface area contributed by atoms with Crippen molar-refractivity contribution in [2.75, 3.05) is 5.32 Å². The van der Waals surface area contributed by atoms with Gasteiger partial charge in [-0.25, -0.2) is 4.98 Å². The Labute approximate surface area is 122 Å². The highest BCUT2D eigenvalue weighted by Crippen LogP contribution is 2.28. The molecule has 0 saturated carbocycles. The molecule has 0 bridgehead atoms. The van der Waals surface area contributed by atoms with Gasteiger partial charge in [-0.05, 0) is 53.2 Å². The Balaban J connectivity index is 2.34. The molecule has 0 spiro atoms. The average molecular weight is 367 g/mol. The first-order chi connectivity index (χ1) is 8.58. The molecule has 18 heavy (non-hydrogen) atoms. The van der Waals surface area contributed by atoms with Crippen molar-refractivity contribution in [1.29, 1.82) is 5.26 Å². The molecule has 0 aliphatic heterocycles. The second-order valence-corrected chi connectivity index (χ2v) is 5.51. The van der Waals surface area contributed by atoms with Crippen LogP contribution in [0.15, 0.2) is 39.3 Å². The summed E-state index contributed by atoms with van der Waals surface area (Å²) < 4.78 is 1.92. The van der Waals surface area contributed by atoms with Crippen LogP contribution in [0, 0.1) is 18.3 Å². The molecule has 0 unspecified atom stereocenters. The molecule has 0 aliphatic carbocycles. The van der Waals surface area contributed by atoms with Crippen molar-refractivity contribution in [3.05, 3.63) is 50.5 Å². The van der Waals surface area contributed by atoms with E-state index in [0.717, 1.165) is 20.3 Å². The first kappa shape index (κ1) is 13.1. The summed E-state index contributed by atoms with van der Waals surface area (Å²) in [6.45, 7) is 1.86. The van der Waals surface area contributed by atoms with Crippen LogP contribution in [-0.2, 0) is 0 Å². The number of aromatic nitrogens is 1. The summed E-state index contributed by atoms with van der Waals surface area (Å²) in [7, 11) is 0. The van der Waals surface area contributed by atoms with Gasteiger partial charge in [-0.2, -0.15) is 5.26 Å². The van der Waals surface area contributed by atoms with Crippen molar-refractivity contribution in [3.8, 4) is 6.07 Å². The molecule has 0 amide bonds. The number of nitrogens with zero attached hydrogens (tertiary/aromatic N) is 2. The Morgan fingerprint density at radius 1 is 1.22 bits per heavy atom. The Morgan fingerprint density at radius 3 is 2.67 bits per heavy atom. The van der Waals surface area contributed by atoms with Gasteiger partial charge in [0, 0.05) is 14.6 Å². The summed E-state index contributed by atoms with van der Waals surface area (Å²) in [6, 6.07) is 11.4. The van der Waals surface area contributed by atoms with Crippen LogP contribution in [0.2, 0.25) is 0 Å². The zero-order chi connectivity index (χ0) is 13.1. The van der Waals surface area contributed by atoms with Gasteiger partial charge in [-0.1, -0.05) is 15.9 Å². The summed E-state index contributed by atoms with van der Waals surface area (Å²) in [4.78, 5) is 4.35. The van der Waals surface area contributed by atoms with Gasteiger partial charge in [0.25, 0.3) is 0 Å². The minimum atomic E-state index is 0.596. The van der Waals surface area contributed by atoms with Gasteiger partial charge in [-0.3, -0.25) is 0 Å². The Kier molecular flexibility index (Phi) is 4.00. The van der Waals surface area contributed by atoms with E-state index in [-0.39, 0.29) is 0 Å². The van der Waals surface area contributed by atoms with E-state index >= 15 is 0 Å². The highest BCUT2D eigenvalue weighted by atomic mass is 79.9. The smallest absolute Gasteiger partial charge is 0.131 e. The number of pyridine rings is 1. The fraction of sp³-hybridized carbons (Fsp3) is 0.0769. The normalized spacial score (nSPS) is 9.89. The SMILES string of the molecule is Cc1cc(C#N)cc(Nc2ccc(Br)cc2Br)n1. The number of rotatable bonds is 2. The second kappa shape index (κ2) is 5.51. The van der Waals surface area contributed by atoms with Gasteiger partial charge in [0.05, 0.1) is 17.3 Å². The van der Waals surface area contributed by atoms with E-state index in [1.807, 2.05) is 25.1 Å². The summed E-state index contributed by atoms with van der Waals surface area (Å²) in [5, 5.41) is 12.1. The zero-order valence-corrected chi connectivity index (χ0v) is 12.7. The Morgan fingerprint density at radius 2 is 2.00 bits per heavy atom. The predicted octanol–water partition coefficient (Wildman–Crippen LogP) is 4.53. The monoisotopic (exact) mass is 365 g/mol. The highest BCUT2D eigenvalue weighted by Gasteiger charge is 2.04. The Hall–Kier alpha value is -1.38. The molecule has 0 saturated heterocycles. The first-order valence-corrected chi connectivity index (χ1v) is 6.78. The van der Waals surface area contributed by atoms with E-state index in [4.69, 9.17) is 5.26 Å². The van der Waals surface area contributed by atoms with E-state index in [1.165, 1.54) is 0 Å². The lowest BCUT2D eigenvalue weighted by Crippen LogP contribution is -1.96. The molecule has 1 aromatic carbocycles. The maximum absolute atomic E-state index is 8.92. The zero-order valence-electron chi connectivity index (χ0n) is 9.54. The van der Waals surface area contributed by atoms with Gasteiger partial charge in [0.2, 0.25) is 0 Å². The summed E-state index contributed by atoms with van der Waals surface area (Å²) in [6.07, 6.45) is 0. The molecule has 2 aromatic rings. The maximum Gasteiger partial charge on any atom is 0.131 e. The summed E-state index contributed by atoms with van der Waals surface area (Å²) in [5.41, 5.74) is 2.31. The molecule has 0 atom stereocenters. The number of hydrogen-bond donors (Lipinski definition) is 1. The number of nitrogens with one attached hydrogen (secondary N) is 1. The molecule has 90 valence electrons. The first-order valence-electron chi connectivity index (χ1n) is 5.19. The van der Waals surface area contributed by atoms with Crippen LogP contribution >= 0.6 is 31.9 Å². The molecule has 1 aromatic heterocycles. The summed E-state index contributed by atoms with van der Waals surface area (Å²) in [5.74, 6) is 0.662. The molecule has 1 heterocycles. The number of anilines is 2. The molecule has 2 rings (SSSR count). The molecule has 0 radical (unpaired) electrons. The van der Waals surface area contributed by atoms with E-state index in [0.29, 0.717) is 11.4 Å². The van der Waals surface area contributed by atoms with Gasteiger partial charge < -0.3 is 5.32 Å². The quantitative estimate of drug-likeness (QED) is 0.849. The van der Waals surface area contributed by atoms with Crippen LogP contribution in [-0.4, -0.2) is 4.98 Å². The molecule has 5 heteroatoms. The van der Waals surface area contributed by atoms with E-state index < -0.39 is 0 Å². The van der Waals surface area contributed by atoms with Gasteiger partial charge in [0.1, 0.15) is 5.82 Å². The minimum absolute atomic E-state index is 0.596. The van der Waals surface area contributed by atoms with Gasteiger partial charge in [0.15, 0.2) is 0 Å². The van der Waals surface area contributed by atoms with Crippen molar-refractivity contribution in [2.45, 2.75) is 6.92 Å². The lowest BCUT2D eigenvalue weighted by atomic mass is 10.2. The largest absolute Gasteiger partial charge is 0.339 e. The lowest BCUT2D eigenvalue weighted by Gasteiger charge is -2.09. The molecule has 3 nitrogen and oxygen atoms in total. The summed E-state index contributed by atoms with van der Waals surface area (Å²) >= 11 is 6.87. The van der Waals surface area contributed by atoms with Crippen LogP contribution in [0.25, 0.3) is 0 Å². The predicted molar refractivity (Wildman–Crippen MR) is 78.8 cm³/mol. The van der Waals surface area contributed by atoms with Crippen LogP contribution in [0.3, 0.4) is 0 Å². The van der Waals surface area contributed by atoms with Crippen molar-refractivity contribution >= 4 is 43.4 Å². The van der Waals surface area contributed by atoms with Gasteiger partial charge >= 0.3 is 0 Å². The van der Waals surface area contributed by atoms with Crippen LogP contribution in [0.4, 0.5) is 11.5 Å². The maximum atomic E-state index is 8.92. The number of aryl methyl sites for hydroxylation is 1. The highest BCUT2D eigenvalue weighted by molar-refractivity contribution is 9.11. The second-order valence-electron chi connectivity index (χ2n) is 3.74. The third-order valence-electron chi connectivity index (χ3n) is 2.28. The lowest BCUT2D eigenvalue weighted by molar-refractivity contribution is 1.19. The fourth-order valence-corrected chi connectivity index (χ4v) is 2.67. The number of hydrogen-bond acceptors (Lipinski definition) is 3. The third-order valence-corrected chi connectivity index (χ3v) is 3.43. The fourth-order valence-electron chi connectivity index (χ4n) is 1.53. The number of halogens is 2. The third kappa shape index (κ3) is 3.09. The molecule has 0 aliphatic rings. The van der Waals surface area contributed by atoms with Crippen molar-refractivity contribution < 1.29 is 0 Å². The molecular formula is C13H9Br2N3. The minimum Gasteiger partial charge on any atom is -0.339 e. The van der Waals surface area contributed by atoms with Crippen molar-refractivity contribution in [3.63, 3.8) is 0 Å². The average Bonchev–Trinajstić information content (AvgIpc) is 2.32. The van der Waals surface area contributed by atoms with Crippen molar-refractivity contribution in [2.24, 2.45) is 0 Å². The topological polar surface area (TPSA) is 48.7 Å². The van der Waals surface area contributed by atoms with Crippen LogP contribution in [0.5, 0.6) is 0 Å². The van der Waals surface area contributed by atoms with Crippen molar-refractivity contribution in [1.82, 2.24) is 4.98 Å². The van der Waals surface area contributed by atoms with Crippen LogP contribution < -0.4 is 5.32 Å². The number of benzene rings is 1. The Bertz CT molecular complexity index is 633.